The van der Waals surface area contributed by atoms with Gasteiger partial charge in [-0.2, -0.15) is 0 Å². The predicted octanol–water partition coefficient (Wildman–Crippen LogP) is 11.0. The summed E-state index contributed by atoms with van der Waals surface area (Å²) in [5.74, 6) is 3.54. The van der Waals surface area contributed by atoms with E-state index in [1.54, 1.807) is 0 Å². The van der Waals surface area contributed by atoms with E-state index in [0.717, 1.165) is 61.6 Å². The van der Waals surface area contributed by atoms with Gasteiger partial charge in [-0.15, -0.1) is 0 Å². The van der Waals surface area contributed by atoms with Crippen molar-refractivity contribution in [3.8, 4) is 56.8 Å². The fraction of sp³-hybridized carbons (Fsp3) is 0.0217. The van der Waals surface area contributed by atoms with Crippen molar-refractivity contribution in [1.29, 1.82) is 0 Å². The van der Waals surface area contributed by atoms with Gasteiger partial charge in [-0.1, -0.05) is 164 Å². The monoisotopic (exact) mass is 641 g/mol. The van der Waals surface area contributed by atoms with Crippen LogP contribution in [0.1, 0.15) is 22.3 Å². The lowest BCUT2D eigenvalue weighted by Crippen LogP contribution is -2.34. The van der Waals surface area contributed by atoms with Crippen LogP contribution in [0.3, 0.4) is 0 Å². The first-order valence-electron chi connectivity index (χ1n) is 16.8. The van der Waals surface area contributed by atoms with Gasteiger partial charge in [0.1, 0.15) is 11.5 Å². The molecule has 0 N–H and O–H groups in total. The number of benzene rings is 7. The molecule has 7 aromatic carbocycles. The van der Waals surface area contributed by atoms with Gasteiger partial charge in [0.25, 0.3) is 0 Å². The summed E-state index contributed by atoms with van der Waals surface area (Å²) in [6.07, 6.45) is 0. The number of para-hydroxylation sites is 2. The van der Waals surface area contributed by atoms with Crippen LogP contribution >= 0.6 is 0 Å². The van der Waals surface area contributed by atoms with Crippen molar-refractivity contribution < 1.29 is 4.74 Å². The number of rotatable bonds is 6. The van der Waals surface area contributed by atoms with Crippen molar-refractivity contribution in [1.82, 2.24) is 15.0 Å². The molecule has 4 nitrogen and oxygen atoms in total. The Morgan fingerprint density at radius 2 is 0.740 bits per heavy atom. The van der Waals surface area contributed by atoms with E-state index < -0.39 is 5.41 Å². The van der Waals surface area contributed by atoms with Crippen molar-refractivity contribution in [2.75, 3.05) is 0 Å². The summed E-state index contributed by atoms with van der Waals surface area (Å²) in [6, 6.07) is 65.0. The molecular weight excluding hydrogens is 611 g/mol. The van der Waals surface area contributed by atoms with E-state index in [0.29, 0.717) is 17.5 Å². The number of hydrogen-bond acceptors (Lipinski definition) is 4. The lowest BCUT2D eigenvalue weighted by atomic mass is 9.63. The van der Waals surface area contributed by atoms with Crippen LogP contribution in [0.2, 0.25) is 0 Å². The minimum atomic E-state index is -0.648. The summed E-state index contributed by atoms with van der Waals surface area (Å²) < 4.78 is 6.53. The van der Waals surface area contributed by atoms with E-state index in [4.69, 9.17) is 19.7 Å². The van der Waals surface area contributed by atoms with Crippen LogP contribution in [0.15, 0.2) is 188 Å². The third kappa shape index (κ3) is 5.06. The number of aromatic nitrogens is 3. The van der Waals surface area contributed by atoms with Crippen molar-refractivity contribution in [3.05, 3.63) is 210 Å². The number of nitrogens with zero attached hydrogens (tertiary/aromatic N) is 3. The number of ether oxygens (including phenoxy) is 1. The first-order chi connectivity index (χ1) is 24.8. The molecule has 0 fully saturated rings. The molecular formula is C46H31N3O. The number of fused-ring (bicyclic) bond motifs is 2. The minimum Gasteiger partial charge on any atom is -0.457 e. The molecule has 0 radical (unpaired) electrons. The summed E-state index contributed by atoms with van der Waals surface area (Å²) in [4.78, 5) is 15.3. The van der Waals surface area contributed by atoms with Gasteiger partial charge >= 0.3 is 0 Å². The Labute approximate surface area is 291 Å². The summed E-state index contributed by atoms with van der Waals surface area (Å²) in [5.41, 5.74) is 8.78. The molecule has 0 atom stereocenters. The van der Waals surface area contributed by atoms with E-state index in [-0.39, 0.29) is 0 Å². The second-order valence-corrected chi connectivity index (χ2v) is 12.4. The highest BCUT2D eigenvalue weighted by molar-refractivity contribution is 5.74. The summed E-state index contributed by atoms with van der Waals surface area (Å²) >= 11 is 0. The van der Waals surface area contributed by atoms with Crippen molar-refractivity contribution in [2.45, 2.75) is 5.41 Å². The van der Waals surface area contributed by atoms with Crippen LogP contribution in [0.5, 0.6) is 11.5 Å². The zero-order valence-electron chi connectivity index (χ0n) is 27.1. The van der Waals surface area contributed by atoms with Crippen molar-refractivity contribution >= 4 is 0 Å². The van der Waals surface area contributed by atoms with Crippen LogP contribution in [0.25, 0.3) is 45.3 Å². The van der Waals surface area contributed by atoms with Gasteiger partial charge in [0.15, 0.2) is 17.5 Å². The Balaban J connectivity index is 1.27. The molecule has 9 rings (SSSR count). The predicted molar refractivity (Wildman–Crippen MR) is 200 cm³/mol. The molecule has 0 spiro atoms. The molecule has 2 heterocycles. The summed E-state index contributed by atoms with van der Waals surface area (Å²) in [5, 5.41) is 0. The molecule has 0 amide bonds. The van der Waals surface area contributed by atoms with Crippen LogP contribution in [-0.4, -0.2) is 15.0 Å². The Hall–Kier alpha value is -6.65. The fourth-order valence-corrected chi connectivity index (χ4v) is 7.18. The fourth-order valence-electron chi connectivity index (χ4n) is 7.18. The molecule has 1 aromatic heterocycles. The third-order valence-corrected chi connectivity index (χ3v) is 9.46. The van der Waals surface area contributed by atoms with Gasteiger partial charge in [0, 0.05) is 27.8 Å². The Morgan fingerprint density at radius 3 is 1.36 bits per heavy atom. The molecule has 1 aliphatic heterocycles. The van der Waals surface area contributed by atoms with Gasteiger partial charge in [0.05, 0.1) is 5.41 Å². The molecule has 50 heavy (non-hydrogen) atoms. The topological polar surface area (TPSA) is 47.9 Å². The molecule has 0 saturated carbocycles. The third-order valence-electron chi connectivity index (χ3n) is 9.46. The minimum absolute atomic E-state index is 0.609. The summed E-state index contributed by atoms with van der Waals surface area (Å²) in [6.45, 7) is 0. The number of hydrogen-bond donors (Lipinski definition) is 0. The highest BCUT2D eigenvalue weighted by Gasteiger charge is 2.45. The Morgan fingerprint density at radius 1 is 0.320 bits per heavy atom. The molecule has 8 aromatic rings. The van der Waals surface area contributed by atoms with Gasteiger partial charge < -0.3 is 4.74 Å². The largest absolute Gasteiger partial charge is 0.457 e. The molecule has 0 saturated heterocycles. The molecule has 236 valence electrons. The maximum Gasteiger partial charge on any atom is 0.164 e. The van der Waals surface area contributed by atoms with E-state index in [2.05, 4.69) is 140 Å². The molecule has 0 unspecified atom stereocenters. The lowest BCUT2D eigenvalue weighted by molar-refractivity contribution is 0.434. The first-order valence-corrected chi connectivity index (χ1v) is 16.8. The normalized spacial score (nSPS) is 12.7. The average molecular weight is 642 g/mol. The second kappa shape index (κ2) is 12.4. The molecule has 0 aliphatic carbocycles. The molecule has 0 bridgehead atoms. The first kappa shape index (κ1) is 29.5. The van der Waals surface area contributed by atoms with Crippen LogP contribution in [0, 0.1) is 0 Å². The standard InChI is InChI=1S/C46H31N3O/c1-4-16-32(17-5-1)34-20-14-21-35(30-34)44-47-43(33-18-6-2-7-19-33)48-45(49-44)36-22-15-25-38(31-36)46(37-23-8-3-9-24-37)39-26-10-12-28-41(39)50-42-29-13-11-27-40(42)46/h1-31H. The maximum absolute atomic E-state index is 6.53. The van der Waals surface area contributed by atoms with Gasteiger partial charge in [0.2, 0.25) is 0 Å². The highest BCUT2D eigenvalue weighted by Crippen LogP contribution is 2.55. The van der Waals surface area contributed by atoms with E-state index in [9.17, 15) is 0 Å². The lowest BCUT2D eigenvalue weighted by Gasteiger charge is -2.41. The summed E-state index contributed by atoms with van der Waals surface area (Å²) in [7, 11) is 0. The van der Waals surface area contributed by atoms with Crippen LogP contribution in [-0.2, 0) is 5.41 Å². The van der Waals surface area contributed by atoms with Gasteiger partial charge in [-0.3, -0.25) is 0 Å². The Bertz CT molecular complexity index is 2420. The van der Waals surface area contributed by atoms with Crippen LogP contribution < -0.4 is 4.74 Å². The van der Waals surface area contributed by atoms with Crippen molar-refractivity contribution in [2.24, 2.45) is 0 Å². The SMILES string of the molecule is c1ccc(-c2cccc(-c3nc(-c4ccccc4)nc(-c4cccc(C5(c6ccccc6)c6ccccc6Oc6ccccc65)c4)n3)c2)cc1. The van der Waals surface area contributed by atoms with E-state index in [1.165, 1.54) is 0 Å². The quantitative estimate of drug-likeness (QED) is 0.181. The second-order valence-electron chi connectivity index (χ2n) is 12.4. The van der Waals surface area contributed by atoms with Crippen molar-refractivity contribution in [3.63, 3.8) is 0 Å². The van der Waals surface area contributed by atoms with Crippen LogP contribution in [0.4, 0.5) is 0 Å². The Kier molecular flexibility index (Phi) is 7.33. The average Bonchev–Trinajstić information content (AvgIpc) is 3.21. The molecule has 4 heteroatoms. The van der Waals surface area contributed by atoms with Gasteiger partial charge in [-0.25, -0.2) is 15.0 Å². The van der Waals surface area contributed by atoms with E-state index >= 15 is 0 Å². The zero-order chi connectivity index (χ0) is 33.3. The zero-order valence-corrected chi connectivity index (χ0v) is 27.1. The van der Waals surface area contributed by atoms with E-state index in [1.807, 2.05) is 48.5 Å². The molecule has 1 aliphatic rings. The highest BCUT2D eigenvalue weighted by atomic mass is 16.5. The maximum atomic E-state index is 6.53. The van der Waals surface area contributed by atoms with Gasteiger partial charge in [-0.05, 0) is 46.5 Å². The smallest absolute Gasteiger partial charge is 0.164 e.